The van der Waals surface area contributed by atoms with E-state index >= 15 is 0 Å². The minimum Gasteiger partial charge on any atom is -0.395 e. The van der Waals surface area contributed by atoms with Gasteiger partial charge in [-0.25, -0.2) is 5.32 Å². The first-order valence-corrected chi connectivity index (χ1v) is 2.16. The van der Waals surface area contributed by atoms with Crippen molar-refractivity contribution in [1.82, 2.24) is 5.32 Å². The summed E-state index contributed by atoms with van der Waals surface area (Å²) in [4.78, 5) is 0. The molecule has 0 amide bonds. The third-order valence-corrected chi connectivity index (χ3v) is 0.482. The summed E-state index contributed by atoms with van der Waals surface area (Å²) in [5.41, 5.74) is 0. The van der Waals surface area contributed by atoms with Crippen LogP contribution in [0.15, 0.2) is 0 Å². The highest BCUT2D eigenvalue weighted by molar-refractivity contribution is 4.34. The SMILES string of the molecule is CC[N]CCO. The van der Waals surface area contributed by atoms with Crippen LogP contribution >= 0.6 is 0 Å². The van der Waals surface area contributed by atoms with E-state index in [2.05, 4.69) is 5.32 Å². The maximum Gasteiger partial charge on any atom is 0.0572 e. The van der Waals surface area contributed by atoms with Crippen LogP contribution in [0.1, 0.15) is 6.92 Å². The molecule has 0 fully saturated rings. The highest BCUT2D eigenvalue weighted by atomic mass is 16.3. The van der Waals surface area contributed by atoms with Crippen LogP contribution in [-0.2, 0) is 0 Å². The molecule has 0 spiro atoms. The lowest BCUT2D eigenvalue weighted by atomic mass is 10.6. The fourth-order valence-corrected chi connectivity index (χ4v) is 0.229. The zero-order valence-electron chi connectivity index (χ0n) is 4.02. The van der Waals surface area contributed by atoms with Gasteiger partial charge >= 0.3 is 0 Å². The molecule has 0 aromatic carbocycles. The van der Waals surface area contributed by atoms with Gasteiger partial charge in [0, 0.05) is 13.1 Å². The van der Waals surface area contributed by atoms with Crippen molar-refractivity contribution in [3.8, 4) is 0 Å². The Labute approximate surface area is 38.2 Å². The van der Waals surface area contributed by atoms with Crippen molar-refractivity contribution in [3.63, 3.8) is 0 Å². The average Bonchev–Trinajstić information content (AvgIpc) is 1.61. The van der Waals surface area contributed by atoms with Gasteiger partial charge < -0.3 is 5.11 Å². The molecule has 1 radical (unpaired) electrons. The number of likely N-dealkylation sites (N-methyl/N-ethyl adjacent to an activating group) is 1. The van der Waals surface area contributed by atoms with Crippen molar-refractivity contribution in [2.45, 2.75) is 6.92 Å². The van der Waals surface area contributed by atoms with E-state index in [1.165, 1.54) is 0 Å². The first kappa shape index (κ1) is 5.92. The molecule has 0 heterocycles. The highest BCUT2D eigenvalue weighted by Crippen LogP contribution is 1.55. The molecule has 6 heavy (non-hydrogen) atoms. The van der Waals surface area contributed by atoms with E-state index in [1.807, 2.05) is 6.92 Å². The second kappa shape index (κ2) is 4.92. The Morgan fingerprint density at radius 2 is 2.33 bits per heavy atom. The molecule has 0 aliphatic carbocycles. The second-order valence-electron chi connectivity index (χ2n) is 0.987. The molecule has 37 valence electrons. The molecule has 0 aliphatic heterocycles. The molecule has 0 atom stereocenters. The van der Waals surface area contributed by atoms with Crippen LogP contribution in [0.3, 0.4) is 0 Å². The molecule has 0 aromatic heterocycles. The quantitative estimate of drug-likeness (QED) is 0.468. The van der Waals surface area contributed by atoms with Gasteiger partial charge in [-0.3, -0.25) is 0 Å². The Morgan fingerprint density at radius 3 is 2.50 bits per heavy atom. The van der Waals surface area contributed by atoms with E-state index < -0.39 is 0 Å². The second-order valence-corrected chi connectivity index (χ2v) is 0.987. The molecule has 2 heteroatoms. The van der Waals surface area contributed by atoms with Gasteiger partial charge in [-0.05, 0) is 0 Å². The highest BCUT2D eigenvalue weighted by Gasteiger charge is 1.75. The normalized spacial score (nSPS) is 9.00. The van der Waals surface area contributed by atoms with Crippen molar-refractivity contribution in [2.75, 3.05) is 19.7 Å². The lowest BCUT2D eigenvalue weighted by molar-refractivity contribution is 0.292. The third-order valence-electron chi connectivity index (χ3n) is 0.482. The largest absolute Gasteiger partial charge is 0.395 e. The van der Waals surface area contributed by atoms with Crippen LogP contribution in [0.2, 0.25) is 0 Å². The molecule has 0 rings (SSSR count). The van der Waals surface area contributed by atoms with E-state index in [4.69, 9.17) is 5.11 Å². The Morgan fingerprint density at radius 1 is 1.67 bits per heavy atom. The average molecular weight is 88.1 g/mol. The van der Waals surface area contributed by atoms with E-state index in [-0.39, 0.29) is 6.61 Å². The molecule has 0 saturated carbocycles. The number of aliphatic hydroxyl groups is 1. The van der Waals surface area contributed by atoms with Crippen LogP contribution < -0.4 is 5.32 Å². The van der Waals surface area contributed by atoms with Crippen LogP contribution in [0.25, 0.3) is 0 Å². The van der Waals surface area contributed by atoms with Gasteiger partial charge in [-0.15, -0.1) is 0 Å². The number of rotatable bonds is 3. The van der Waals surface area contributed by atoms with E-state index in [0.717, 1.165) is 6.54 Å². The standard InChI is InChI=1S/C4H10NO/c1-2-5-3-4-6/h6H,2-4H2,1H3. The van der Waals surface area contributed by atoms with Crippen molar-refractivity contribution >= 4 is 0 Å². The third kappa shape index (κ3) is 3.92. The predicted octanol–water partition coefficient (Wildman–Crippen LogP) is -0.397. The number of nitrogens with zero attached hydrogens (tertiary/aromatic N) is 1. The number of hydrogen-bond donors (Lipinski definition) is 1. The molecule has 0 aromatic rings. The summed E-state index contributed by atoms with van der Waals surface area (Å²) < 4.78 is 0. The van der Waals surface area contributed by atoms with E-state index in [1.54, 1.807) is 0 Å². The summed E-state index contributed by atoms with van der Waals surface area (Å²) in [6, 6.07) is 0. The molecule has 2 nitrogen and oxygen atoms in total. The van der Waals surface area contributed by atoms with Crippen LogP contribution in [0, 0.1) is 0 Å². The fourth-order valence-electron chi connectivity index (χ4n) is 0.229. The van der Waals surface area contributed by atoms with Gasteiger partial charge in [0.25, 0.3) is 0 Å². The van der Waals surface area contributed by atoms with Gasteiger partial charge in [-0.2, -0.15) is 0 Å². The van der Waals surface area contributed by atoms with Crippen molar-refractivity contribution < 1.29 is 5.11 Å². The molecule has 0 saturated heterocycles. The lowest BCUT2D eigenvalue weighted by Crippen LogP contribution is -2.08. The zero-order valence-corrected chi connectivity index (χ0v) is 4.02. The smallest absolute Gasteiger partial charge is 0.0572 e. The van der Waals surface area contributed by atoms with Gasteiger partial charge in [-0.1, -0.05) is 6.92 Å². The van der Waals surface area contributed by atoms with Gasteiger partial charge in [0.05, 0.1) is 6.61 Å². The monoisotopic (exact) mass is 88.1 g/mol. The Balaban J connectivity index is 2.34. The van der Waals surface area contributed by atoms with Gasteiger partial charge in [0.2, 0.25) is 0 Å². The van der Waals surface area contributed by atoms with Crippen molar-refractivity contribution in [1.29, 1.82) is 0 Å². The van der Waals surface area contributed by atoms with Crippen molar-refractivity contribution in [3.05, 3.63) is 0 Å². The van der Waals surface area contributed by atoms with Gasteiger partial charge in [0.1, 0.15) is 0 Å². The van der Waals surface area contributed by atoms with Crippen LogP contribution in [0.5, 0.6) is 0 Å². The van der Waals surface area contributed by atoms with Crippen LogP contribution in [0.4, 0.5) is 0 Å². The van der Waals surface area contributed by atoms with Gasteiger partial charge in [0.15, 0.2) is 0 Å². The summed E-state index contributed by atoms with van der Waals surface area (Å²) in [6.07, 6.45) is 0. The van der Waals surface area contributed by atoms with Crippen molar-refractivity contribution in [2.24, 2.45) is 0 Å². The summed E-state index contributed by atoms with van der Waals surface area (Å²) in [7, 11) is 0. The molecule has 0 unspecified atom stereocenters. The summed E-state index contributed by atoms with van der Waals surface area (Å²) in [5, 5.41) is 11.9. The first-order valence-electron chi connectivity index (χ1n) is 2.16. The summed E-state index contributed by atoms with van der Waals surface area (Å²) in [5.74, 6) is 0. The maximum atomic E-state index is 8.10. The molecule has 0 bridgehead atoms. The fraction of sp³-hybridized carbons (Fsp3) is 1.00. The minimum atomic E-state index is 0.188. The summed E-state index contributed by atoms with van der Waals surface area (Å²) >= 11 is 0. The lowest BCUT2D eigenvalue weighted by Gasteiger charge is -1.88. The topological polar surface area (TPSA) is 34.3 Å². The Bertz CT molecular complexity index is 19.5. The molecular weight excluding hydrogens is 78.0 g/mol. The maximum absolute atomic E-state index is 8.10. The zero-order chi connectivity index (χ0) is 4.83. The Hall–Kier alpha value is -0.0800. The minimum absolute atomic E-state index is 0.188. The van der Waals surface area contributed by atoms with E-state index in [9.17, 15) is 0 Å². The Kier molecular flexibility index (Phi) is 4.85. The predicted molar refractivity (Wildman–Crippen MR) is 24.6 cm³/mol. The molecule has 1 N–H and O–H groups in total. The molecule has 0 aliphatic rings. The number of hydrogen-bond acceptors (Lipinski definition) is 1. The first-order chi connectivity index (χ1) is 2.91. The van der Waals surface area contributed by atoms with E-state index in [0.29, 0.717) is 6.54 Å². The van der Waals surface area contributed by atoms with Crippen LogP contribution in [-0.4, -0.2) is 24.8 Å². The number of aliphatic hydroxyl groups excluding tert-OH is 1. The molecular formula is C4H10NO. The summed E-state index contributed by atoms with van der Waals surface area (Å²) in [6.45, 7) is 3.56.